The SMILES string of the molecule is Cc1cccc(S(=O)(=O)C(C)(C)CN[C@H]2CC[C@H](C(F)(F)F)CC2)c1. The van der Waals surface area contributed by atoms with Crippen LogP contribution in [0.15, 0.2) is 29.2 Å². The second-order valence-corrected chi connectivity index (χ2v) is 10.1. The van der Waals surface area contributed by atoms with E-state index in [1.54, 1.807) is 32.0 Å². The first kappa shape index (κ1) is 20.2. The minimum atomic E-state index is -4.13. The molecule has 0 amide bonds. The maximum atomic E-state index is 12.9. The molecule has 1 aromatic rings. The van der Waals surface area contributed by atoms with Gasteiger partial charge in [0, 0.05) is 12.6 Å². The van der Waals surface area contributed by atoms with Crippen molar-refractivity contribution in [2.75, 3.05) is 6.54 Å². The molecule has 1 N–H and O–H groups in total. The molecular formula is C18H26F3NO2S. The predicted molar refractivity (Wildman–Crippen MR) is 92.2 cm³/mol. The highest BCUT2D eigenvalue weighted by molar-refractivity contribution is 7.92. The van der Waals surface area contributed by atoms with Gasteiger partial charge in [-0.2, -0.15) is 13.2 Å². The van der Waals surface area contributed by atoms with Crippen LogP contribution in [-0.4, -0.2) is 31.9 Å². The second kappa shape index (κ2) is 7.27. The van der Waals surface area contributed by atoms with Gasteiger partial charge in [0.2, 0.25) is 0 Å². The highest BCUT2D eigenvalue weighted by Gasteiger charge is 2.42. The Morgan fingerprint density at radius 3 is 2.24 bits per heavy atom. The topological polar surface area (TPSA) is 46.2 Å². The van der Waals surface area contributed by atoms with Crippen molar-refractivity contribution in [2.45, 2.75) is 68.3 Å². The summed E-state index contributed by atoms with van der Waals surface area (Å²) in [6, 6.07) is 6.71. The summed E-state index contributed by atoms with van der Waals surface area (Å²) < 4.78 is 62.9. The average Bonchev–Trinajstić information content (AvgIpc) is 2.52. The molecule has 142 valence electrons. The number of hydrogen-bond acceptors (Lipinski definition) is 3. The van der Waals surface area contributed by atoms with Crippen molar-refractivity contribution in [2.24, 2.45) is 5.92 Å². The first-order valence-corrected chi connectivity index (χ1v) is 10.0. The molecular weight excluding hydrogens is 351 g/mol. The lowest BCUT2D eigenvalue weighted by Crippen LogP contribution is -2.47. The van der Waals surface area contributed by atoms with Crippen LogP contribution in [0.4, 0.5) is 13.2 Å². The summed E-state index contributed by atoms with van der Waals surface area (Å²) in [5, 5.41) is 3.18. The highest BCUT2D eigenvalue weighted by Crippen LogP contribution is 2.37. The number of rotatable bonds is 5. The standard InChI is InChI=1S/C18H26F3NO2S/c1-13-5-4-6-16(11-13)25(23,24)17(2,3)12-22-15-9-7-14(8-10-15)18(19,20)21/h4-6,11,14-15,22H,7-10,12H2,1-3H3/t14-,15-. The summed E-state index contributed by atoms with van der Waals surface area (Å²) in [6.07, 6.45) is -3.08. The van der Waals surface area contributed by atoms with Crippen molar-refractivity contribution < 1.29 is 21.6 Å². The van der Waals surface area contributed by atoms with Gasteiger partial charge in [0.05, 0.1) is 15.6 Å². The molecule has 0 saturated heterocycles. The van der Waals surface area contributed by atoms with E-state index in [9.17, 15) is 21.6 Å². The molecule has 1 fully saturated rings. The molecule has 0 atom stereocenters. The van der Waals surface area contributed by atoms with Crippen molar-refractivity contribution in [3.8, 4) is 0 Å². The van der Waals surface area contributed by atoms with E-state index in [0.717, 1.165) is 5.56 Å². The normalized spacial score (nSPS) is 22.8. The molecule has 2 rings (SSSR count). The summed E-state index contributed by atoms with van der Waals surface area (Å²) in [6.45, 7) is 5.35. The molecule has 1 saturated carbocycles. The zero-order chi connectivity index (χ0) is 18.9. The van der Waals surface area contributed by atoms with Crippen LogP contribution in [0.2, 0.25) is 0 Å². The van der Waals surface area contributed by atoms with E-state index in [0.29, 0.717) is 12.8 Å². The number of benzene rings is 1. The predicted octanol–water partition coefficient (Wildman–Crippen LogP) is 4.26. The second-order valence-electron chi connectivity index (χ2n) is 7.55. The Hall–Kier alpha value is -1.08. The third-order valence-corrected chi connectivity index (χ3v) is 7.51. The highest BCUT2D eigenvalue weighted by atomic mass is 32.2. The lowest BCUT2D eigenvalue weighted by molar-refractivity contribution is -0.182. The van der Waals surface area contributed by atoms with Crippen molar-refractivity contribution in [3.63, 3.8) is 0 Å². The maximum absolute atomic E-state index is 12.9. The van der Waals surface area contributed by atoms with E-state index in [2.05, 4.69) is 5.32 Å². The van der Waals surface area contributed by atoms with E-state index in [-0.39, 0.29) is 30.3 Å². The van der Waals surface area contributed by atoms with E-state index >= 15 is 0 Å². The Morgan fingerprint density at radius 2 is 1.72 bits per heavy atom. The fourth-order valence-corrected chi connectivity index (χ4v) is 4.72. The zero-order valence-corrected chi connectivity index (χ0v) is 15.7. The van der Waals surface area contributed by atoms with Gasteiger partial charge in [0.25, 0.3) is 0 Å². The smallest absolute Gasteiger partial charge is 0.312 e. The monoisotopic (exact) mass is 377 g/mol. The van der Waals surface area contributed by atoms with Crippen molar-refractivity contribution in [1.82, 2.24) is 5.32 Å². The Bertz CT molecular complexity index is 691. The minimum absolute atomic E-state index is 0.0643. The Balaban J connectivity index is 1.98. The molecule has 7 heteroatoms. The molecule has 0 aromatic heterocycles. The molecule has 1 aliphatic rings. The Labute approximate surface area is 147 Å². The number of halogens is 3. The maximum Gasteiger partial charge on any atom is 0.391 e. The molecule has 1 aliphatic carbocycles. The van der Waals surface area contributed by atoms with Gasteiger partial charge in [-0.05, 0) is 64.2 Å². The first-order valence-electron chi connectivity index (χ1n) is 8.55. The molecule has 0 aliphatic heterocycles. The molecule has 3 nitrogen and oxygen atoms in total. The molecule has 0 heterocycles. The van der Waals surface area contributed by atoms with E-state index < -0.39 is 26.7 Å². The number of alkyl halides is 3. The first-order chi connectivity index (χ1) is 11.4. The van der Waals surface area contributed by atoms with Crippen molar-refractivity contribution in [3.05, 3.63) is 29.8 Å². The minimum Gasteiger partial charge on any atom is -0.312 e. The molecule has 1 aromatic carbocycles. The molecule has 0 radical (unpaired) electrons. The Kier molecular flexibility index (Phi) is 5.88. The number of hydrogen-bond donors (Lipinski definition) is 1. The lowest BCUT2D eigenvalue weighted by atomic mass is 9.85. The van der Waals surface area contributed by atoms with Crippen LogP contribution in [0.25, 0.3) is 0 Å². The van der Waals surface area contributed by atoms with Crippen LogP contribution >= 0.6 is 0 Å². The van der Waals surface area contributed by atoms with Gasteiger partial charge in [-0.15, -0.1) is 0 Å². The van der Waals surface area contributed by atoms with Crippen LogP contribution in [0.3, 0.4) is 0 Å². The number of nitrogens with one attached hydrogen (secondary N) is 1. The van der Waals surface area contributed by atoms with Crippen LogP contribution < -0.4 is 5.32 Å². The quantitative estimate of drug-likeness (QED) is 0.834. The van der Waals surface area contributed by atoms with Crippen LogP contribution in [0, 0.1) is 12.8 Å². The summed E-state index contributed by atoms with van der Waals surface area (Å²) in [4.78, 5) is 0.278. The van der Waals surface area contributed by atoms with Gasteiger partial charge in [-0.1, -0.05) is 12.1 Å². The number of sulfone groups is 1. The van der Waals surface area contributed by atoms with E-state index in [1.807, 2.05) is 13.0 Å². The van der Waals surface area contributed by atoms with Gasteiger partial charge >= 0.3 is 6.18 Å². The largest absolute Gasteiger partial charge is 0.391 e. The third kappa shape index (κ3) is 4.76. The lowest BCUT2D eigenvalue weighted by Gasteiger charge is -2.33. The van der Waals surface area contributed by atoms with Gasteiger partial charge in [-0.3, -0.25) is 0 Å². The fourth-order valence-electron chi connectivity index (χ4n) is 3.21. The van der Waals surface area contributed by atoms with Crippen molar-refractivity contribution in [1.29, 1.82) is 0 Å². The summed E-state index contributed by atoms with van der Waals surface area (Å²) in [7, 11) is -3.54. The average molecular weight is 377 g/mol. The zero-order valence-electron chi connectivity index (χ0n) is 14.9. The van der Waals surface area contributed by atoms with Gasteiger partial charge < -0.3 is 5.32 Å². The van der Waals surface area contributed by atoms with Crippen LogP contribution in [-0.2, 0) is 9.84 Å². The molecule has 0 spiro atoms. The number of aryl methyl sites for hydroxylation is 1. The molecule has 0 unspecified atom stereocenters. The third-order valence-electron chi connectivity index (χ3n) is 5.03. The van der Waals surface area contributed by atoms with Crippen LogP contribution in [0.1, 0.15) is 45.1 Å². The van der Waals surface area contributed by atoms with Gasteiger partial charge in [0.15, 0.2) is 9.84 Å². The molecule has 25 heavy (non-hydrogen) atoms. The van der Waals surface area contributed by atoms with Gasteiger partial charge in [0.1, 0.15) is 0 Å². The van der Waals surface area contributed by atoms with E-state index in [1.165, 1.54) is 0 Å². The fraction of sp³-hybridized carbons (Fsp3) is 0.667. The summed E-state index contributed by atoms with van der Waals surface area (Å²) >= 11 is 0. The van der Waals surface area contributed by atoms with E-state index in [4.69, 9.17) is 0 Å². The Morgan fingerprint density at radius 1 is 1.12 bits per heavy atom. The summed E-state index contributed by atoms with van der Waals surface area (Å²) in [5.41, 5.74) is 0.871. The molecule has 0 bridgehead atoms. The summed E-state index contributed by atoms with van der Waals surface area (Å²) in [5.74, 6) is -1.23. The van der Waals surface area contributed by atoms with Crippen LogP contribution in [0.5, 0.6) is 0 Å². The van der Waals surface area contributed by atoms with Crippen molar-refractivity contribution >= 4 is 9.84 Å². The van der Waals surface area contributed by atoms with Gasteiger partial charge in [-0.25, -0.2) is 8.42 Å².